The Morgan fingerprint density at radius 2 is 1.81 bits per heavy atom. The van der Waals surface area contributed by atoms with Crippen LogP contribution in [-0.4, -0.2) is 17.5 Å². The molecule has 3 rings (SSSR count). The Kier molecular flexibility index (Phi) is 6.05. The maximum Gasteiger partial charge on any atom is 0.228 e. The molecule has 0 unspecified atom stereocenters. The van der Waals surface area contributed by atoms with E-state index >= 15 is 0 Å². The number of anilines is 3. The van der Waals surface area contributed by atoms with Crippen LogP contribution in [0.3, 0.4) is 0 Å². The molecule has 138 valence electrons. The van der Waals surface area contributed by atoms with E-state index in [0.717, 1.165) is 17.1 Å². The molecule has 3 aromatic rings. The second kappa shape index (κ2) is 8.85. The van der Waals surface area contributed by atoms with E-state index in [2.05, 4.69) is 35.5 Å². The van der Waals surface area contributed by atoms with E-state index in [1.165, 1.54) is 11.1 Å². The zero-order chi connectivity index (χ0) is 19.1. The van der Waals surface area contributed by atoms with Crippen molar-refractivity contribution < 1.29 is 9.53 Å². The van der Waals surface area contributed by atoms with E-state index in [4.69, 9.17) is 4.74 Å². The Labute approximate surface area is 159 Å². The average molecular weight is 361 g/mol. The Hall–Kier alpha value is -3.34. The third kappa shape index (κ3) is 5.31. The van der Waals surface area contributed by atoms with E-state index < -0.39 is 0 Å². The highest BCUT2D eigenvalue weighted by atomic mass is 16.5. The number of aromatic nitrogens is 1. The summed E-state index contributed by atoms with van der Waals surface area (Å²) in [6, 6.07) is 19.2. The van der Waals surface area contributed by atoms with Gasteiger partial charge >= 0.3 is 0 Å². The summed E-state index contributed by atoms with van der Waals surface area (Å²) in [7, 11) is 0. The molecule has 0 saturated heterocycles. The molecule has 2 N–H and O–H groups in total. The predicted molar refractivity (Wildman–Crippen MR) is 109 cm³/mol. The van der Waals surface area contributed by atoms with Gasteiger partial charge in [-0.15, -0.1) is 0 Å². The highest BCUT2D eigenvalue weighted by molar-refractivity contribution is 5.89. The summed E-state index contributed by atoms with van der Waals surface area (Å²) in [5.41, 5.74) is 4.35. The van der Waals surface area contributed by atoms with Crippen LogP contribution in [0.15, 0.2) is 66.9 Å². The van der Waals surface area contributed by atoms with Gasteiger partial charge < -0.3 is 15.4 Å². The van der Waals surface area contributed by atoms with Crippen molar-refractivity contribution in [1.29, 1.82) is 0 Å². The Balaban J connectivity index is 1.50. The summed E-state index contributed by atoms with van der Waals surface area (Å²) in [4.78, 5) is 16.3. The number of ether oxygens (including phenoxy) is 1. The van der Waals surface area contributed by atoms with Crippen molar-refractivity contribution in [2.75, 3.05) is 17.2 Å². The van der Waals surface area contributed by atoms with Crippen LogP contribution in [0.5, 0.6) is 5.75 Å². The largest absolute Gasteiger partial charge is 0.493 e. The molecule has 0 aliphatic carbocycles. The molecule has 0 spiro atoms. The molecule has 0 fully saturated rings. The fourth-order valence-corrected chi connectivity index (χ4v) is 2.57. The highest BCUT2D eigenvalue weighted by Gasteiger charge is 2.05. The Bertz CT molecular complexity index is 893. The molecule has 5 heteroatoms. The van der Waals surface area contributed by atoms with Gasteiger partial charge in [-0.25, -0.2) is 4.98 Å². The van der Waals surface area contributed by atoms with Crippen LogP contribution in [-0.2, 0) is 4.79 Å². The SMILES string of the molecule is Cc1cccc(Nc2ccc(NC(=O)CCOc3ccccc3)nc2)c1C. The highest BCUT2D eigenvalue weighted by Crippen LogP contribution is 2.22. The van der Waals surface area contributed by atoms with Crippen LogP contribution in [0.4, 0.5) is 17.2 Å². The van der Waals surface area contributed by atoms with Gasteiger partial charge in [0, 0.05) is 5.69 Å². The first-order chi connectivity index (χ1) is 13.1. The fourth-order valence-electron chi connectivity index (χ4n) is 2.57. The van der Waals surface area contributed by atoms with Gasteiger partial charge in [0.15, 0.2) is 0 Å². The number of rotatable bonds is 7. The van der Waals surface area contributed by atoms with Gasteiger partial charge in [-0.2, -0.15) is 0 Å². The van der Waals surface area contributed by atoms with Crippen LogP contribution >= 0.6 is 0 Å². The number of pyridine rings is 1. The van der Waals surface area contributed by atoms with E-state index in [0.29, 0.717) is 12.4 Å². The number of hydrogen-bond acceptors (Lipinski definition) is 4. The second-order valence-electron chi connectivity index (χ2n) is 6.26. The third-order valence-corrected chi connectivity index (χ3v) is 4.26. The van der Waals surface area contributed by atoms with Gasteiger partial charge in [-0.3, -0.25) is 4.79 Å². The van der Waals surface area contributed by atoms with E-state index in [1.54, 1.807) is 12.3 Å². The molecule has 27 heavy (non-hydrogen) atoms. The number of benzene rings is 2. The molecule has 0 radical (unpaired) electrons. The summed E-state index contributed by atoms with van der Waals surface area (Å²) in [5.74, 6) is 1.14. The van der Waals surface area contributed by atoms with Crippen molar-refractivity contribution in [3.05, 3.63) is 78.0 Å². The number of para-hydroxylation sites is 1. The molecule has 0 aliphatic heterocycles. The van der Waals surface area contributed by atoms with Gasteiger partial charge in [-0.05, 0) is 55.3 Å². The summed E-state index contributed by atoms with van der Waals surface area (Å²) < 4.78 is 5.53. The number of carbonyl (C=O) groups is 1. The lowest BCUT2D eigenvalue weighted by atomic mass is 10.1. The number of nitrogens with one attached hydrogen (secondary N) is 2. The minimum absolute atomic E-state index is 0.131. The van der Waals surface area contributed by atoms with Gasteiger partial charge in [-0.1, -0.05) is 30.3 Å². The quantitative estimate of drug-likeness (QED) is 0.631. The molecule has 1 amide bonds. The predicted octanol–water partition coefficient (Wildman–Crippen LogP) is 4.85. The van der Waals surface area contributed by atoms with Crippen LogP contribution in [0.1, 0.15) is 17.5 Å². The Morgan fingerprint density at radius 1 is 1.00 bits per heavy atom. The van der Waals surface area contributed by atoms with E-state index in [-0.39, 0.29) is 12.3 Å². The van der Waals surface area contributed by atoms with Gasteiger partial charge in [0.1, 0.15) is 11.6 Å². The van der Waals surface area contributed by atoms with E-state index in [1.807, 2.05) is 48.5 Å². The first-order valence-corrected chi connectivity index (χ1v) is 8.89. The number of amides is 1. The molecule has 0 aliphatic rings. The first kappa shape index (κ1) is 18.5. The van der Waals surface area contributed by atoms with Crippen LogP contribution in [0.2, 0.25) is 0 Å². The molecule has 5 nitrogen and oxygen atoms in total. The summed E-state index contributed by atoms with van der Waals surface area (Å²) >= 11 is 0. The lowest BCUT2D eigenvalue weighted by Crippen LogP contribution is -2.16. The minimum Gasteiger partial charge on any atom is -0.493 e. The first-order valence-electron chi connectivity index (χ1n) is 8.89. The Morgan fingerprint density at radius 3 is 2.56 bits per heavy atom. The molecule has 1 heterocycles. The third-order valence-electron chi connectivity index (χ3n) is 4.26. The van der Waals surface area contributed by atoms with Crippen molar-refractivity contribution in [3.63, 3.8) is 0 Å². The molecule has 2 aromatic carbocycles. The van der Waals surface area contributed by atoms with Crippen molar-refractivity contribution in [2.45, 2.75) is 20.3 Å². The summed E-state index contributed by atoms with van der Waals surface area (Å²) in [6.45, 7) is 4.48. The van der Waals surface area contributed by atoms with E-state index in [9.17, 15) is 4.79 Å². The molecule has 0 bridgehead atoms. The standard InChI is InChI=1S/C22H23N3O2/c1-16-7-6-10-20(17(16)2)24-18-11-12-21(23-15-18)25-22(26)13-14-27-19-8-4-3-5-9-19/h3-12,15,24H,13-14H2,1-2H3,(H,23,25,26). The number of nitrogens with zero attached hydrogens (tertiary/aromatic N) is 1. The second-order valence-corrected chi connectivity index (χ2v) is 6.26. The zero-order valence-electron chi connectivity index (χ0n) is 15.5. The fraction of sp³-hybridized carbons (Fsp3) is 0.182. The smallest absolute Gasteiger partial charge is 0.228 e. The maximum atomic E-state index is 12.0. The molecular formula is C22H23N3O2. The van der Waals surface area contributed by atoms with Gasteiger partial charge in [0.05, 0.1) is 24.9 Å². The van der Waals surface area contributed by atoms with Crippen LogP contribution < -0.4 is 15.4 Å². The number of hydrogen-bond donors (Lipinski definition) is 2. The zero-order valence-corrected chi connectivity index (χ0v) is 15.5. The average Bonchev–Trinajstić information content (AvgIpc) is 2.68. The van der Waals surface area contributed by atoms with Crippen molar-refractivity contribution in [1.82, 2.24) is 4.98 Å². The van der Waals surface area contributed by atoms with Crippen LogP contribution in [0.25, 0.3) is 0 Å². The topological polar surface area (TPSA) is 63.2 Å². The molecule has 0 atom stereocenters. The lowest BCUT2D eigenvalue weighted by Gasteiger charge is -2.12. The maximum absolute atomic E-state index is 12.0. The normalized spacial score (nSPS) is 10.3. The van der Waals surface area contributed by atoms with Gasteiger partial charge in [0.2, 0.25) is 5.91 Å². The van der Waals surface area contributed by atoms with Crippen LogP contribution in [0, 0.1) is 13.8 Å². The van der Waals surface area contributed by atoms with Gasteiger partial charge in [0.25, 0.3) is 0 Å². The summed E-state index contributed by atoms with van der Waals surface area (Å²) in [6.07, 6.45) is 1.97. The monoisotopic (exact) mass is 361 g/mol. The number of aryl methyl sites for hydroxylation is 1. The van der Waals surface area contributed by atoms with Crippen molar-refractivity contribution in [3.8, 4) is 5.75 Å². The minimum atomic E-state index is -0.131. The summed E-state index contributed by atoms with van der Waals surface area (Å²) in [5, 5.41) is 6.13. The number of carbonyl (C=O) groups excluding carboxylic acids is 1. The molecular weight excluding hydrogens is 338 g/mol. The molecule has 0 saturated carbocycles. The molecule has 1 aromatic heterocycles. The lowest BCUT2D eigenvalue weighted by molar-refractivity contribution is -0.116. The van der Waals surface area contributed by atoms with Crippen molar-refractivity contribution >= 4 is 23.1 Å². The van der Waals surface area contributed by atoms with Crippen molar-refractivity contribution in [2.24, 2.45) is 0 Å².